The number of aliphatic imine (C=N–C) groups is 1. The molecule has 0 saturated heterocycles. The van der Waals surface area contributed by atoms with Gasteiger partial charge in [-0.25, -0.2) is 0 Å². The Kier molecular flexibility index (Phi) is 2.40. The van der Waals surface area contributed by atoms with Crippen LogP contribution in [0.1, 0.15) is 41.5 Å². The molecule has 0 aromatic heterocycles. The lowest BCUT2D eigenvalue weighted by molar-refractivity contribution is 0.450. The summed E-state index contributed by atoms with van der Waals surface area (Å²) < 4.78 is 0. The summed E-state index contributed by atoms with van der Waals surface area (Å²) in [6.07, 6.45) is 4.28. The summed E-state index contributed by atoms with van der Waals surface area (Å²) in [5, 5.41) is 0. The molecule has 0 N–H and O–H groups in total. The maximum absolute atomic E-state index is 4.65. The van der Waals surface area contributed by atoms with E-state index >= 15 is 0 Å². The van der Waals surface area contributed by atoms with Crippen LogP contribution in [-0.2, 0) is 0 Å². The average Bonchev–Trinajstić information content (AvgIpc) is 2.28. The van der Waals surface area contributed by atoms with Gasteiger partial charge in [0.05, 0.1) is 0 Å². The molecule has 0 atom stereocenters. The highest BCUT2D eigenvalue weighted by Crippen LogP contribution is 2.35. The van der Waals surface area contributed by atoms with E-state index in [4.69, 9.17) is 0 Å². The average molecular weight is 178 g/mol. The van der Waals surface area contributed by atoms with Crippen molar-refractivity contribution in [3.05, 3.63) is 18.2 Å². The first-order valence-electron chi connectivity index (χ1n) is 4.86. The van der Waals surface area contributed by atoms with Gasteiger partial charge in [0.15, 0.2) is 0 Å². The van der Waals surface area contributed by atoms with Crippen LogP contribution in [0, 0.1) is 16.9 Å². The zero-order chi connectivity index (χ0) is 10.3. The molecule has 0 bridgehead atoms. The Hall–Kier alpha value is -0.590. The van der Waals surface area contributed by atoms with E-state index in [9.17, 15) is 0 Å². The third-order valence-electron chi connectivity index (χ3n) is 2.18. The molecule has 0 aromatic rings. The zero-order valence-corrected chi connectivity index (χ0v) is 9.60. The van der Waals surface area contributed by atoms with Gasteiger partial charge < -0.3 is 0 Å². The van der Waals surface area contributed by atoms with E-state index in [0.717, 1.165) is 0 Å². The molecule has 0 saturated carbocycles. The SMILES string of the molecule is CC(C)(C)[C]1C=CC(C(C)(C)C)=N1. The molecule has 13 heavy (non-hydrogen) atoms. The second-order valence-corrected chi connectivity index (χ2v) is 5.72. The summed E-state index contributed by atoms with van der Waals surface area (Å²) in [5.74, 6) is 0. The van der Waals surface area contributed by atoms with Crippen LogP contribution in [-0.4, -0.2) is 5.71 Å². The highest BCUT2D eigenvalue weighted by molar-refractivity contribution is 6.01. The molecule has 0 unspecified atom stereocenters. The predicted molar refractivity (Wildman–Crippen MR) is 58.7 cm³/mol. The molecular weight excluding hydrogens is 158 g/mol. The first kappa shape index (κ1) is 10.5. The lowest BCUT2D eigenvalue weighted by Crippen LogP contribution is -2.18. The summed E-state index contributed by atoms with van der Waals surface area (Å²) in [5.41, 5.74) is 1.53. The van der Waals surface area contributed by atoms with Crippen molar-refractivity contribution in [2.45, 2.75) is 41.5 Å². The van der Waals surface area contributed by atoms with Gasteiger partial charge in [-0.05, 0) is 11.5 Å². The van der Waals surface area contributed by atoms with Gasteiger partial charge in [-0.2, -0.15) is 0 Å². The molecule has 0 aromatic carbocycles. The van der Waals surface area contributed by atoms with Crippen LogP contribution in [0.5, 0.6) is 0 Å². The maximum atomic E-state index is 4.65. The van der Waals surface area contributed by atoms with Crippen LogP contribution >= 0.6 is 0 Å². The highest BCUT2D eigenvalue weighted by atomic mass is 14.8. The van der Waals surface area contributed by atoms with Crippen molar-refractivity contribution in [3.8, 4) is 0 Å². The van der Waals surface area contributed by atoms with E-state index in [1.165, 1.54) is 11.8 Å². The minimum atomic E-state index is 0.170. The van der Waals surface area contributed by atoms with Crippen molar-refractivity contribution in [2.24, 2.45) is 15.8 Å². The lowest BCUT2D eigenvalue weighted by Gasteiger charge is -2.23. The Balaban J connectivity index is 2.84. The van der Waals surface area contributed by atoms with Crippen LogP contribution in [0.15, 0.2) is 17.1 Å². The molecule has 1 radical (unpaired) electrons. The van der Waals surface area contributed by atoms with Crippen LogP contribution in [0.3, 0.4) is 0 Å². The molecule has 1 nitrogen and oxygen atoms in total. The van der Waals surface area contributed by atoms with Gasteiger partial charge in [-0.15, -0.1) is 0 Å². The van der Waals surface area contributed by atoms with E-state index in [0.29, 0.717) is 0 Å². The van der Waals surface area contributed by atoms with Crippen molar-refractivity contribution in [1.29, 1.82) is 0 Å². The van der Waals surface area contributed by atoms with Gasteiger partial charge in [0, 0.05) is 11.1 Å². The summed E-state index contributed by atoms with van der Waals surface area (Å²) >= 11 is 0. The number of hydrogen-bond donors (Lipinski definition) is 0. The van der Waals surface area contributed by atoms with E-state index in [-0.39, 0.29) is 10.8 Å². The van der Waals surface area contributed by atoms with Gasteiger partial charge >= 0.3 is 0 Å². The van der Waals surface area contributed by atoms with Crippen molar-refractivity contribution < 1.29 is 0 Å². The smallest absolute Gasteiger partial charge is 0.113 e. The number of hydrogen-bond acceptors (Lipinski definition) is 1. The third-order valence-corrected chi connectivity index (χ3v) is 2.18. The van der Waals surface area contributed by atoms with Crippen molar-refractivity contribution in [3.63, 3.8) is 0 Å². The Bertz CT molecular complexity index is 245. The van der Waals surface area contributed by atoms with Gasteiger partial charge in [-0.1, -0.05) is 47.6 Å². The monoisotopic (exact) mass is 178 g/mol. The van der Waals surface area contributed by atoms with Gasteiger partial charge in [0.25, 0.3) is 0 Å². The number of allylic oxidation sites excluding steroid dienone is 1. The fraction of sp³-hybridized carbons (Fsp3) is 0.667. The summed E-state index contributed by atoms with van der Waals surface area (Å²) in [7, 11) is 0. The van der Waals surface area contributed by atoms with E-state index in [1.54, 1.807) is 0 Å². The minimum absolute atomic E-state index is 0.170. The largest absolute Gasteiger partial charge is 0.275 e. The molecule has 1 rings (SSSR count). The standard InChI is InChI=1S/C12H20N/c1-11(2,3)9-7-8-10(13-9)12(4,5)6/h7-8H,1-6H3. The molecular formula is C12H20N. The maximum Gasteiger partial charge on any atom is 0.113 e. The van der Waals surface area contributed by atoms with Crippen LogP contribution in [0.4, 0.5) is 0 Å². The van der Waals surface area contributed by atoms with E-state index in [2.05, 4.69) is 58.7 Å². The molecule has 1 heteroatoms. The Morgan fingerprint density at radius 2 is 1.38 bits per heavy atom. The zero-order valence-electron chi connectivity index (χ0n) is 9.60. The Labute approximate surface area is 82.0 Å². The van der Waals surface area contributed by atoms with E-state index in [1.807, 2.05) is 0 Å². The van der Waals surface area contributed by atoms with Crippen molar-refractivity contribution >= 4 is 5.71 Å². The van der Waals surface area contributed by atoms with Crippen LogP contribution in [0.25, 0.3) is 0 Å². The second-order valence-electron chi connectivity index (χ2n) is 5.72. The summed E-state index contributed by atoms with van der Waals surface area (Å²) in [6.45, 7) is 13.2. The molecule has 0 spiro atoms. The second kappa shape index (κ2) is 2.97. The van der Waals surface area contributed by atoms with Crippen LogP contribution in [0.2, 0.25) is 0 Å². The quantitative estimate of drug-likeness (QED) is 0.537. The van der Waals surface area contributed by atoms with Crippen molar-refractivity contribution in [1.82, 2.24) is 0 Å². The number of nitrogens with zero attached hydrogens (tertiary/aromatic N) is 1. The minimum Gasteiger partial charge on any atom is -0.275 e. The lowest BCUT2D eigenvalue weighted by atomic mass is 9.88. The molecule has 1 aliphatic heterocycles. The first-order chi connectivity index (χ1) is 5.71. The fourth-order valence-electron chi connectivity index (χ4n) is 1.20. The first-order valence-corrected chi connectivity index (χ1v) is 4.86. The van der Waals surface area contributed by atoms with E-state index < -0.39 is 0 Å². The molecule has 0 amide bonds. The normalized spacial score (nSPS) is 19.4. The van der Waals surface area contributed by atoms with Gasteiger partial charge in [0.1, 0.15) is 6.04 Å². The predicted octanol–water partition coefficient (Wildman–Crippen LogP) is 3.62. The van der Waals surface area contributed by atoms with Gasteiger partial charge in [0.2, 0.25) is 0 Å². The molecule has 0 fully saturated rings. The topological polar surface area (TPSA) is 12.4 Å². The molecule has 1 aliphatic rings. The molecule has 0 aliphatic carbocycles. The molecule has 73 valence electrons. The highest BCUT2D eigenvalue weighted by Gasteiger charge is 2.29. The third kappa shape index (κ3) is 2.43. The van der Waals surface area contributed by atoms with Crippen molar-refractivity contribution in [2.75, 3.05) is 0 Å². The summed E-state index contributed by atoms with van der Waals surface area (Å²) in [4.78, 5) is 4.65. The Morgan fingerprint density at radius 1 is 0.846 bits per heavy atom. The molecule has 1 heterocycles. The summed E-state index contributed by atoms with van der Waals surface area (Å²) in [6, 6.07) is 1.19. The fourth-order valence-corrected chi connectivity index (χ4v) is 1.20. The Morgan fingerprint density at radius 3 is 1.62 bits per heavy atom. The number of rotatable bonds is 0. The van der Waals surface area contributed by atoms with Crippen LogP contribution < -0.4 is 0 Å². The van der Waals surface area contributed by atoms with Gasteiger partial charge in [-0.3, -0.25) is 4.99 Å².